The number of nitrogens with one attached hydrogen (secondary N) is 1. The van der Waals surface area contributed by atoms with E-state index in [1.807, 2.05) is 24.3 Å². The lowest BCUT2D eigenvalue weighted by atomic mass is 10.1. The first-order valence-corrected chi connectivity index (χ1v) is 7.23. The third kappa shape index (κ3) is 3.42. The number of hydrogen-bond acceptors (Lipinski definition) is 4. The average Bonchev–Trinajstić information content (AvgIpc) is 3.16. The van der Waals surface area contributed by atoms with Crippen molar-refractivity contribution in [3.63, 3.8) is 0 Å². The van der Waals surface area contributed by atoms with Crippen LogP contribution in [0.25, 0.3) is 0 Å². The Balaban J connectivity index is 1.80. The van der Waals surface area contributed by atoms with Crippen LogP contribution < -0.4 is 5.32 Å². The van der Waals surface area contributed by atoms with Crippen molar-refractivity contribution >= 4 is 5.69 Å². The van der Waals surface area contributed by atoms with Gasteiger partial charge in [-0.05, 0) is 18.6 Å². The minimum Gasteiger partial charge on any atom is -0.469 e. The maximum atomic E-state index is 13.0. The highest BCUT2D eigenvalue weighted by atomic mass is 19.4. The van der Waals surface area contributed by atoms with Crippen molar-refractivity contribution in [3.05, 3.63) is 65.6 Å². The van der Waals surface area contributed by atoms with Gasteiger partial charge in [0.1, 0.15) is 24.7 Å². The second-order valence-electron chi connectivity index (χ2n) is 5.29. The van der Waals surface area contributed by atoms with Gasteiger partial charge in [0.2, 0.25) is 0 Å². The van der Waals surface area contributed by atoms with Crippen LogP contribution in [0.15, 0.2) is 47.6 Å². The minimum absolute atomic E-state index is 0.0194. The lowest BCUT2D eigenvalue weighted by Crippen LogP contribution is -2.11. The summed E-state index contributed by atoms with van der Waals surface area (Å²) in [6, 6.07) is 7.38. The molecule has 0 aliphatic heterocycles. The minimum atomic E-state index is -4.44. The Hall–Kier alpha value is -2.77. The van der Waals surface area contributed by atoms with Gasteiger partial charge in [-0.1, -0.05) is 18.2 Å². The summed E-state index contributed by atoms with van der Waals surface area (Å²) in [6.45, 7) is 2.01. The Morgan fingerprint density at radius 1 is 1.25 bits per heavy atom. The van der Waals surface area contributed by atoms with E-state index in [0.29, 0.717) is 6.54 Å². The van der Waals surface area contributed by atoms with Crippen LogP contribution >= 0.6 is 0 Å². The number of rotatable bonds is 5. The van der Waals surface area contributed by atoms with Gasteiger partial charge < -0.3 is 9.73 Å². The van der Waals surface area contributed by atoms with Crippen LogP contribution in [0.4, 0.5) is 18.9 Å². The predicted octanol–water partition coefficient (Wildman–Crippen LogP) is 3.86. The number of para-hydroxylation sites is 1. The Bertz CT molecular complexity index is 809. The summed E-state index contributed by atoms with van der Waals surface area (Å²) >= 11 is 0. The Morgan fingerprint density at radius 2 is 2.04 bits per heavy atom. The SMILES string of the molecule is Cc1occ(C(F)(F)F)c1CNc1ccccc1Cn1cncn1. The number of benzene rings is 1. The molecule has 2 aromatic heterocycles. The van der Waals surface area contributed by atoms with Gasteiger partial charge in [0.25, 0.3) is 0 Å². The van der Waals surface area contributed by atoms with Gasteiger partial charge in [-0.2, -0.15) is 18.3 Å². The van der Waals surface area contributed by atoms with E-state index in [2.05, 4.69) is 15.4 Å². The average molecular weight is 336 g/mol. The lowest BCUT2D eigenvalue weighted by Gasteiger charge is -2.13. The Labute approximate surface area is 136 Å². The third-order valence-corrected chi connectivity index (χ3v) is 3.68. The normalized spacial score (nSPS) is 11.7. The summed E-state index contributed by atoms with van der Waals surface area (Å²) in [6.07, 6.45) is -0.665. The zero-order valence-electron chi connectivity index (χ0n) is 12.8. The summed E-state index contributed by atoms with van der Waals surface area (Å²) < 4.78 is 45.6. The second kappa shape index (κ2) is 6.38. The molecule has 1 aromatic carbocycles. The quantitative estimate of drug-likeness (QED) is 0.769. The topological polar surface area (TPSA) is 55.9 Å². The predicted molar refractivity (Wildman–Crippen MR) is 81.3 cm³/mol. The summed E-state index contributed by atoms with van der Waals surface area (Å²) in [4.78, 5) is 3.88. The van der Waals surface area contributed by atoms with Gasteiger partial charge in [-0.25, -0.2) is 9.67 Å². The largest absolute Gasteiger partial charge is 0.469 e. The molecule has 0 saturated heterocycles. The molecule has 0 amide bonds. The maximum absolute atomic E-state index is 13.0. The van der Waals surface area contributed by atoms with E-state index in [0.717, 1.165) is 17.5 Å². The van der Waals surface area contributed by atoms with Gasteiger partial charge in [-0.3, -0.25) is 0 Å². The molecule has 0 bridgehead atoms. The summed E-state index contributed by atoms with van der Waals surface area (Å²) in [5.41, 5.74) is 0.999. The highest BCUT2D eigenvalue weighted by molar-refractivity contribution is 5.52. The molecule has 24 heavy (non-hydrogen) atoms. The molecular weight excluding hydrogens is 321 g/mol. The first kappa shape index (κ1) is 16.1. The molecule has 0 spiro atoms. The molecule has 0 saturated carbocycles. The second-order valence-corrected chi connectivity index (χ2v) is 5.29. The number of alkyl halides is 3. The fourth-order valence-corrected chi connectivity index (χ4v) is 2.44. The van der Waals surface area contributed by atoms with E-state index in [1.165, 1.54) is 13.3 Å². The van der Waals surface area contributed by atoms with Crippen molar-refractivity contribution in [1.29, 1.82) is 0 Å². The van der Waals surface area contributed by atoms with Crippen molar-refractivity contribution in [2.24, 2.45) is 0 Å². The van der Waals surface area contributed by atoms with Crippen molar-refractivity contribution < 1.29 is 17.6 Å². The Kier molecular flexibility index (Phi) is 4.28. The highest BCUT2D eigenvalue weighted by Gasteiger charge is 2.36. The zero-order chi connectivity index (χ0) is 17.2. The number of nitrogens with zero attached hydrogens (tertiary/aromatic N) is 3. The van der Waals surface area contributed by atoms with Crippen molar-refractivity contribution in [3.8, 4) is 0 Å². The van der Waals surface area contributed by atoms with Crippen LogP contribution in [0.3, 0.4) is 0 Å². The molecule has 3 aromatic rings. The number of halogens is 3. The summed E-state index contributed by atoms with van der Waals surface area (Å²) in [7, 11) is 0. The number of aryl methyl sites for hydroxylation is 1. The molecule has 2 heterocycles. The van der Waals surface area contributed by atoms with Crippen LogP contribution in [-0.2, 0) is 19.3 Å². The van der Waals surface area contributed by atoms with E-state index >= 15 is 0 Å². The van der Waals surface area contributed by atoms with Crippen LogP contribution in [0.5, 0.6) is 0 Å². The third-order valence-electron chi connectivity index (χ3n) is 3.68. The van der Waals surface area contributed by atoms with E-state index in [1.54, 1.807) is 11.0 Å². The molecular formula is C16H15F3N4O. The van der Waals surface area contributed by atoms with Crippen LogP contribution in [0.2, 0.25) is 0 Å². The Morgan fingerprint density at radius 3 is 2.75 bits per heavy atom. The zero-order valence-corrected chi connectivity index (χ0v) is 12.8. The van der Waals surface area contributed by atoms with Crippen molar-refractivity contribution in [2.75, 3.05) is 5.32 Å². The summed E-state index contributed by atoms with van der Waals surface area (Å²) in [5.74, 6) is 0.253. The van der Waals surface area contributed by atoms with Gasteiger partial charge in [0, 0.05) is 17.8 Å². The standard InChI is InChI=1S/C16H15F3N4O/c1-11-13(14(8-24-11)16(17,18)19)6-21-15-5-3-2-4-12(15)7-23-10-20-9-22-23/h2-5,8-10,21H,6-7H2,1H3. The first-order valence-electron chi connectivity index (χ1n) is 7.23. The highest BCUT2D eigenvalue weighted by Crippen LogP contribution is 2.35. The molecule has 0 radical (unpaired) electrons. The van der Waals surface area contributed by atoms with Gasteiger partial charge in [0.15, 0.2) is 0 Å². The van der Waals surface area contributed by atoms with Crippen molar-refractivity contribution in [2.45, 2.75) is 26.2 Å². The molecule has 8 heteroatoms. The monoisotopic (exact) mass is 336 g/mol. The van der Waals surface area contributed by atoms with E-state index in [-0.39, 0.29) is 17.9 Å². The molecule has 0 unspecified atom stereocenters. The molecule has 5 nitrogen and oxygen atoms in total. The first-order chi connectivity index (χ1) is 11.4. The number of hydrogen-bond donors (Lipinski definition) is 1. The molecule has 1 N–H and O–H groups in total. The van der Waals surface area contributed by atoms with Gasteiger partial charge in [0.05, 0.1) is 12.1 Å². The maximum Gasteiger partial charge on any atom is 0.419 e. The fourth-order valence-electron chi connectivity index (χ4n) is 2.44. The van der Waals surface area contributed by atoms with Gasteiger partial charge >= 0.3 is 6.18 Å². The van der Waals surface area contributed by atoms with E-state index < -0.39 is 11.7 Å². The van der Waals surface area contributed by atoms with E-state index in [4.69, 9.17) is 4.42 Å². The smallest absolute Gasteiger partial charge is 0.419 e. The fraction of sp³-hybridized carbons (Fsp3) is 0.250. The molecule has 0 aliphatic carbocycles. The number of aromatic nitrogens is 3. The van der Waals surface area contributed by atoms with Crippen molar-refractivity contribution in [1.82, 2.24) is 14.8 Å². The van der Waals surface area contributed by atoms with Crippen LogP contribution in [0.1, 0.15) is 22.5 Å². The van der Waals surface area contributed by atoms with E-state index in [9.17, 15) is 13.2 Å². The molecule has 0 fully saturated rings. The van der Waals surface area contributed by atoms with Crippen LogP contribution in [0, 0.1) is 6.92 Å². The summed E-state index contributed by atoms with van der Waals surface area (Å²) in [5, 5.41) is 7.10. The van der Waals surface area contributed by atoms with Gasteiger partial charge in [-0.15, -0.1) is 0 Å². The molecule has 0 atom stereocenters. The molecule has 126 valence electrons. The lowest BCUT2D eigenvalue weighted by molar-refractivity contribution is -0.138. The molecule has 3 rings (SSSR count). The number of furan rings is 1. The van der Waals surface area contributed by atoms with Crippen LogP contribution in [-0.4, -0.2) is 14.8 Å². The number of anilines is 1. The molecule has 0 aliphatic rings.